The van der Waals surface area contributed by atoms with Gasteiger partial charge in [-0.3, -0.25) is 4.90 Å². The molecule has 0 bridgehead atoms. The third-order valence-electron chi connectivity index (χ3n) is 3.10. The fourth-order valence-corrected chi connectivity index (χ4v) is 2.17. The normalized spacial score (nSPS) is 13.8. The highest BCUT2D eigenvalue weighted by atomic mass is 16.5. The summed E-state index contributed by atoms with van der Waals surface area (Å²) in [5.41, 5.74) is 0. The fraction of sp³-hybridized carbons (Fsp3) is 1.00. The molecule has 0 aromatic carbocycles. The predicted molar refractivity (Wildman–Crippen MR) is 80.1 cm³/mol. The molecular weight excluding hydrogens is 224 g/mol. The molecule has 0 heterocycles. The molecule has 0 aliphatic heterocycles. The summed E-state index contributed by atoms with van der Waals surface area (Å²) in [6.07, 6.45) is 1.20. The van der Waals surface area contributed by atoms with Gasteiger partial charge in [0.1, 0.15) is 0 Å². The number of hydrogen-bond donors (Lipinski definition) is 1. The van der Waals surface area contributed by atoms with Gasteiger partial charge < -0.3 is 10.1 Å². The third-order valence-corrected chi connectivity index (χ3v) is 3.10. The molecule has 3 heteroatoms. The van der Waals surface area contributed by atoms with Crippen molar-refractivity contribution in [1.29, 1.82) is 0 Å². The van der Waals surface area contributed by atoms with Crippen molar-refractivity contribution in [1.82, 2.24) is 10.2 Å². The van der Waals surface area contributed by atoms with Gasteiger partial charge in [0, 0.05) is 32.8 Å². The standard InChI is InChI=1S/C15H34N2O/c1-7-15(11-16-10-13(2)3)17(8-9-18-6)12-14(4)5/h13-16H,7-12H2,1-6H3. The van der Waals surface area contributed by atoms with Gasteiger partial charge in [-0.2, -0.15) is 0 Å². The Balaban J connectivity index is 4.20. The molecule has 0 saturated heterocycles. The molecule has 0 aliphatic rings. The number of hydrogen-bond acceptors (Lipinski definition) is 3. The Hall–Kier alpha value is -0.120. The average Bonchev–Trinajstić information content (AvgIpc) is 2.29. The fourth-order valence-electron chi connectivity index (χ4n) is 2.17. The van der Waals surface area contributed by atoms with Gasteiger partial charge >= 0.3 is 0 Å². The molecule has 0 amide bonds. The minimum atomic E-state index is 0.626. The summed E-state index contributed by atoms with van der Waals surface area (Å²) in [5.74, 6) is 1.43. The molecule has 0 aromatic heterocycles. The molecule has 0 aromatic rings. The molecule has 3 nitrogen and oxygen atoms in total. The maximum Gasteiger partial charge on any atom is 0.0589 e. The number of rotatable bonds is 11. The van der Waals surface area contributed by atoms with Crippen molar-refractivity contribution >= 4 is 0 Å². The Morgan fingerprint density at radius 1 is 1.06 bits per heavy atom. The number of nitrogens with one attached hydrogen (secondary N) is 1. The van der Waals surface area contributed by atoms with E-state index in [1.165, 1.54) is 6.42 Å². The van der Waals surface area contributed by atoms with E-state index in [-0.39, 0.29) is 0 Å². The van der Waals surface area contributed by atoms with Crippen LogP contribution in [0, 0.1) is 11.8 Å². The van der Waals surface area contributed by atoms with Crippen molar-refractivity contribution in [3.05, 3.63) is 0 Å². The van der Waals surface area contributed by atoms with Crippen LogP contribution in [-0.4, -0.2) is 50.8 Å². The van der Waals surface area contributed by atoms with Gasteiger partial charge in [-0.15, -0.1) is 0 Å². The van der Waals surface area contributed by atoms with Crippen molar-refractivity contribution < 1.29 is 4.74 Å². The average molecular weight is 258 g/mol. The van der Waals surface area contributed by atoms with Gasteiger partial charge in [0.05, 0.1) is 6.61 Å². The van der Waals surface area contributed by atoms with Crippen LogP contribution in [0.2, 0.25) is 0 Å². The lowest BCUT2D eigenvalue weighted by Crippen LogP contribution is -2.45. The highest BCUT2D eigenvalue weighted by Gasteiger charge is 2.17. The van der Waals surface area contributed by atoms with Gasteiger partial charge in [0.2, 0.25) is 0 Å². The van der Waals surface area contributed by atoms with E-state index in [9.17, 15) is 0 Å². The van der Waals surface area contributed by atoms with Gasteiger partial charge in [0.15, 0.2) is 0 Å². The summed E-state index contributed by atoms with van der Waals surface area (Å²) in [6.45, 7) is 16.6. The molecule has 1 unspecified atom stereocenters. The van der Waals surface area contributed by atoms with Crippen molar-refractivity contribution in [2.75, 3.05) is 39.9 Å². The Kier molecular flexibility index (Phi) is 10.7. The molecule has 1 atom stereocenters. The van der Waals surface area contributed by atoms with E-state index in [1.54, 1.807) is 7.11 Å². The first kappa shape index (κ1) is 17.9. The Morgan fingerprint density at radius 2 is 1.72 bits per heavy atom. The quantitative estimate of drug-likeness (QED) is 0.616. The lowest BCUT2D eigenvalue weighted by molar-refractivity contribution is 0.106. The molecule has 0 aliphatic carbocycles. The zero-order valence-electron chi connectivity index (χ0n) is 13.3. The van der Waals surface area contributed by atoms with Crippen LogP contribution < -0.4 is 5.32 Å². The van der Waals surface area contributed by atoms with Crippen LogP contribution in [0.5, 0.6) is 0 Å². The topological polar surface area (TPSA) is 24.5 Å². The largest absolute Gasteiger partial charge is 0.383 e. The second-order valence-corrected chi connectivity index (χ2v) is 6.00. The second kappa shape index (κ2) is 10.8. The highest BCUT2D eigenvalue weighted by molar-refractivity contribution is 4.74. The van der Waals surface area contributed by atoms with Crippen LogP contribution in [0.1, 0.15) is 41.0 Å². The maximum atomic E-state index is 5.23. The molecule has 18 heavy (non-hydrogen) atoms. The SMILES string of the molecule is CCC(CNCC(C)C)N(CCOC)CC(C)C. The zero-order chi connectivity index (χ0) is 14.0. The number of nitrogens with zero attached hydrogens (tertiary/aromatic N) is 1. The van der Waals surface area contributed by atoms with Gasteiger partial charge in [0.25, 0.3) is 0 Å². The summed E-state index contributed by atoms with van der Waals surface area (Å²) in [6, 6.07) is 0.626. The summed E-state index contributed by atoms with van der Waals surface area (Å²) in [5, 5.41) is 3.58. The maximum absolute atomic E-state index is 5.23. The van der Waals surface area contributed by atoms with Gasteiger partial charge in [-0.1, -0.05) is 34.6 Å². The molecule has 0 spiro atoms. The molecule has 0 saturated carbocycles. The van der Waals surface area contributed by atoms with E-state index in [0.29, 0.717) is 12.0 Å². The first-order valence-corrected chi connectivity index (χ1v) is 7.44. The zero-order valence-corrected chi connectivity index (χ0v) is 13.3. The van der Waals surface area contributed by atoms with Crippen molar-refractivity contribution in [3.63, 3.8) is 0 Å². The van der Waals surface area contributed by atoms with Crippen LogP contribution in [0.25, 0.3) is 0 Å². The van der Waals surface area contributed by atoms with E-state index in [4.69, 9.17) is 4.74 Å². The van der Waals surface area contributed by atoms with Crippen LogP contribution in [0.15, 0.2) is 0 Å². The van der Waals surface area contributed by atoms with Gasteiger partial charge in [-0.25, -0.2) is 0 Å². The van der Waals surface area contributed by atoms with Crippen molar-refractivity contribution in [3.8, 4) is 0 Å². The third kappa shape index (κ3) is 8.90. The molecular formula is C15H34N2O. The highest BCUT2D eigenvalue weighted by Crippen LogP contribution is 2.07. The monoisotopic (exact) mass is 258 g/mol. The summed E-state index contributed by atoms with van der Waals surface area (Å²) in [4.78, 5) is 2.57. The first-order valence-electron chi connectivity index (χ1n) is 7.44. The van der Waals surface area contributed by atoms with E-state index in [0.717, 1.165) is 38.7 Å². The Morgan fingerprint density at radius 3 is 2.17 bits per heavy atom. The lowest BCUT2D eigenvalue weighted by atomic mass is 10.1. The summed E-state index contributed by atoms with van der Waals surface area (Å²) in [7, 11) is 1.78. The van der Waals surface area contributed by atoms with Gasteiger partial charge in [-0.05, 0) is 24.8 Å². The minimum Gasteiger partial charge on any atom is -0.383 e. The van der Waals surface area contributed by atoms with Crippen LogP contribution >= 0.6 is 0 Å². The second-order valence-electron chi connectivity index (χ2n) is 6.00. The minimum absolute atomic E-state index is 0.626. The summed E-state index contributed by atoms with van der Waals surface area (Å²) < 4.78 is 5.23. The molecule has 1 N–H and O–H groups in total. The molecule has 110 valence electrons. The molecule has 0 radical (unpaired) electrons. The van der Waals surface area contributed by atoms with E-state index >= 15 is 0 Å². The van der Waals surface area contributed by atoms with E-state index in [2.05, 4.69) is 44.8 Å². The lowest BCUT2D eigenvalue weighted by Gasteiger charge is -2.32. The smallest absolute Gasteiger partial charge is 0.0589 e. The van der Waals surface area contributed by atoms with Crippen LogP contribution in [0.3, 0.4) is 0 Å². The predicted octanol–water partition coefficient (Wildman–Crippen LogP) is 2.62. The first-order chi connectivity index (χ1) is 8.51. The van der Waals surface area contributed by atoms with Crippen LogP contribution in [0.4, 0.5) is 0 Å². The van der Waals surface area contributed by atoms with E-state index < -0.39 is 0 Å². The Bertz CT molecular complexity index is 183. The van der Waals surface area contributed by atoms with Crippen molar-refractivity contribution in [2.24, 2.45) is 11.8 Å². The summed E-state index contributed by atoms with van der Waals surface area (Å²) >= 11 is 0. The van der Waals surface area contributed by atoms with Crippen molar-refractivity contribution in [2.45, 2.75) is 47.1 Å². The number of ether oxygens (including phenoxy) is 1. The Labute approximate surface area is 114 Å². The molecule has 0 rings (SSSR count). The van der Waals surface area contributed by atoms with Crippen LogP contribution in [-0.2, 0) is 4.74 Å². The van der Waals surface area contributed by atoms with E-state index in [1.807, 2.05) is 0 Å². The number of methoxy groups -OCH3 is 1. The molecule has 0 fully saturated rings.